The summed E-state index contributed by atoms with van der Waals surface area (Å²) in [6, 6.07) is 0. The number of hydrogen-bond donors (Lipinski definition) is 1. The first-order valence-electron chi connectivity index (χ1n) is 9.82. The Morgan fingerprint density at radius 3 is 2.08 bits per heavy atom. The van der Waals surface area contributed by atoms with Crippen LogP contribution in [0.2, 0.25) is 0 Å². The van der Waals surface area contributed by atoms with Gasteiger partial charge in [-0.1, -0.05) is 34.6 Å². The molecule has 3 atom stereocenters. The van der Waals surface area contributed by atoms with Gasteiger partial charge in [0.15, 0.2) is 0 Å². The van der Waals surface area contributed by atoms with E-state index in [-0.39, 0.29) is 11.4 Å². The highest BCUT2D eigenvalue weighted by atomic mass is 16.6. The van der Waals surface area contributed by atoms with Gasteiger partial charge in [0.1, 0.15) is 5.60 Å². The van der Waals surface area contributed by atoms with Crippen LogP contribution < -0.4 is 0 Å². The molecule has 0 aliphatic heterocycles. The highest BCUT2D eigenvalue weighted by Gasteiger charge is 2.60. The maximum atomic E-state index is 13.3. The molecular formula is C21H36O3. The van der Waals surface area contributed by atoms with Crippen molar-refractivity contribution >= 4 is 5.97 Å². The molecule has 138 valence electrons. The third-order valence-corrected chi connectivity index (χ3v) is 7.21. The van der Waals surface area contributed by atoms with E-state index in [1.807, 2.05) is 0 Å². The van der Waals surface area contributed by atoms with E-state index in [1.54, 1.807) is 0 Å². The molecule has 1 N–H and O–H groups in total. The van der Waals surface area contributed by atoms with Crippen molar-refractivity contribution in [1.82, 2.24) is 0 Å². The van der Waals surface area contributed by atoms with Crippen molar-refractivity contribution in [2.24, 2.45) is 28.6 Å². The molecule has 0 saturated heterocycles. The van der Waals surface area contributed by atoms with Crippen LogP contribution in [0.5, 0.6) is 0 Å². The fraction of sp³-hybridized carbons (Fsp3) is 0.952. The number of hydrogen-bond acceptors (Lipinski definition) is 3. The van der Waals surface area contributed by atoms with Crippen LogP contribution >= 0.6 is 0 Å². The van der Waals surface area contributed by atoms with E-state index in [0.29, 0.717) is 24.2 Å². The highest BCUT2D eigenvalue weighted by molar-refractivity contribution is 5.78. The van der Waals surface area contributed by atoms with Gasteiger partial charge >= 0.3 is 5.97 Å². The molecule has 4 rings (SSSR count). The second kappa shape index (κ2) is 5.46. The maximum Gasteiger partial charge on any atom is 0.312 e. The third-order valence-electron chi connectivity index (χ3n) is 7.21. The fourth-order valence-corrected chi connectivity index (χ4v) is 6.07. The van der Waals surface area contributed by atoms with Gasteiger partial charge in [-0.3, -0.25) is 4.79 Å². The molecule has 0 aromatic heterocycles. The van der Waals surface area contributed by atoms with Crippen molar-refractivity contribution in [3.8, 4) is 0 Å². The van der Waals surface area contributed by atoms with Crippen LogP contribution in [0.3, 0.4) is 0 Å². The van der Waals surface area contributed by atoms with E-state index < -0.39 is 16.6 Å². The Kier molecular flexibility index (Phi) is 4.15. The lowest BCUT2D eigenvalue weighted by Gasteiger charge is -2.59. The van der Waals surface area contributed by atoms with Crippen LogP contribution in [0, 0.1) is 28.6 Å². The van der Waals surface area contributed by atoms with Gasteiger partial charge in [-0.2, -0.15) is 0 Å². The number of esters is 1. The minimum atomic E-state index is -0.583. The standard InChI is InChI=1S/C21H36O3/c1-14(2)8-19(6,18(3,4)5)17(22)24-21-11-15-7-16(12-21)10-20(23,9-15)13-21/h14-16,23H,7-13H2,1-6H3. The Hall–Kier alpha value is -0.570. The largest absolute Gasteiger partial charge is 0.459 e. The van der Waals surface area contributed by atoms with E-state index in [1.165, 1.54) is 6.42 Å². The molecule has 4 saturated carbocycles. The molecule has 0 aromatic carbocycles. The molecule has 0 aromatic rings. The van der Waals surface area contributed by atoms with Crippen LogP contribution in [0.1, 0.15) is 86.5 Å². The highest BCUT2D eigenvalue weighted by Crippen LogP contribution is 2.59. The quantitative estimate of drug-likeness (QED) is 0.756. The van der Waals surface area contributed by atoms with E-state index >= 15 is 0 Å². The van der Waals surface area contributed by atoms with Crippen LogP contribution in [0.4, 0.5) is 0 Å². The number of carbonyl (C=O) groups excluding carboxylic acids is 1. The normalized spacial score (nSPS) is 40.7. The van der Waals surface area contributed by atoms with Gasteiger partial charge in [-0.05, 0) is 68.6 Å². The Labute approximate surface area is 147 Å². The predicted octanol–water partition coefficient (Wildman–Crippen LogP) is 4.71. The Morgan fingerprint density at radius 1 is 1.12 bits per heavy atom. The smallest absolute Gasteiger partial charge is 0.312 e. The number of carbonyl (C=O) groups is 1. The van der Waals surface area contributed by atoms with Crippen LogP contribution in [-0.2, 0) is 9.53 Å². The molecule has 0 spiro atoms. The zero-order chi connectivity index (χ0) is 18.0. The van der Waals surface area contributed by atoms with Gasteiger partial charge in [0.25, 0.3) is 0 Å². The van der Waals surface area contributed by atoms with Crippen LogP contribution in [-0.4, -0.2) is 22.3 Å². The number of aliphatic hydroxyl groups is 1. The summed E-state index contributed by atoms with van der Waals surface area (Å²) in [5.74, 6) is 1.47. The molecule has 0 heterocycles. The summed E-state index contributed by atoms with van der Waals surface area (Å²) in [5, 5.41) is 10.9. The van der Waals surface area contributed by atoms with E-state index in [9.17, 15) is 9.90 Å². The van der Waals surface area contributed by atoms with Crippen LogP contribution in [0.15, 0.2) is 0 Å². The molecule has 0 radical (unpaired) electrons. The Bertz CT molecular complexity index is 502. The zero-order valence-electron chi connectivity index (χ0n) is 16.4. The number of rotatable bonds is 4. The summed E-state index contributed by atoms with van der Waals surface area (Å²) in [5.41, 5.74) is -1.62. The van der Waals surface area contributed by atoms with Gasteiger partial charge in [0, 0.05) is 6.42 Å². The van der Waals surface area contributed by atoms with Crippen LogP contribution in [0.25, 0.3) is 0 Å². The first-order chi connectivity index (χ1) is 10.9. The third kappa shape index (κ3) is 3.02. The SMILES string of the molecule is CC(C)CC(C)(C(=O)OC12CC3CC(CC(O)(C3)C1)C2)C(C)(C)C. The average molecular weight is 337 g/mol. The maximum absolute atomic E-state index is 13.3. The molecule has 3 heteroatoms. The molecule has 4 fully saturated rings. The predicted molar refractivity (Wildman–Crippen MR) is 95.5 cm³/mol. The monoisotopic (exact) mass is 336 g/mol. The van der Waals surface area contributed by atoms with Gasteiger partial charge in [0.2, 0.25) is 0 Å². The van der Waals surface area contributed by atoms with Crippen molar-refractivity contribution in [3.05, 3.63) is 0 Å². The molecule has 4 bridgehead atoms. The van der Waals surface area contributed by atoms with E-state index in [4.69, 9.17) is 4.74 Å². The summed E-state index contributed by atoms with van der Waals surface area (Å²) in [6.45, 7) is 12.8. The molecule has 4 aliphatic rings. The van der Waals surface area contributed by atoms with Crippen molar-refractivity contribution < 1.29 is 14.6 Å². The van der Waals surface area contributed by atoms with Gasteiger partial charge in [0.05, 0.1) is 11.0 Å². The lowest BCUT2D eigenvalue weighted by Crippen LogP contribution is -2.61. The number of ether oxygens (including phenoxy) is 1. The summed E-state index contributed by atoms with van der Waals surface area (Å²) < 4.78 is 6.31. The Morgan fingerprint density at radius 2 is 1.67 bits per heavy atom. The molecule has 3 unspecified atom stereocenters. The summed E-state index contributed by atoms with van der Waals surface area (Å²) in [7, 11) is 0. The minimum Gasteiger partial charge on any atom is -0.459 e. The Balaban J connectivity index is 1.83. The van der Waals surface area contributed by atoms with E-state index in [2.05, 4.69) is 41.5 Å². The lowest BCUT2D eigenvalue weighted by molar-refractivity contribution is -0.229. The summed E-state index contributed by atoms with van der Waals surface area (Å²) in [4.78, 5) is 13.3. The van der Waals surface area contributed by atoms with Gasteiger partial charge in [-0.15, -0.1) is 0 Å². The summed E-state index contributed by atoms with van der Waals surface area (Å²) >= 11 is 0. The van der Waals surface area contributed by atoms with E-state index in [0.717, 1.165) is 32.1 Å². The fourth-order valence-electron chi connectivity index (χ4n) is 6.07. The second-order valence-electron chi connectivity index (χ2n) is 10.9. The lowest BCUT2D eigenvalue weighted by atomic mass is 9.52. The molecule has 0 amide bonds. The zero-order valence-corrected chi connectivity index (χ0v) is 16.4. The molecular weight excluding hydrogens is 300 g/mol. The van der Waals surface area contributed by atoms with Crippen molar-refractivity contribution in [3.63, 3.8) is 0 Å². The minimum absolute atomic E-state index is 0.0470. The first-order valence-corrected chi connectivity index (χ1v) is 9.82. The molecule has 3 nitrogen and oxygen atoms in total. The molecule has 4 aliphatic carbocycles. The van der Waals surface area contributed by atoms with Gasteiger partial charge in [-0.25, -0.2) is 0 Å². The summed E-state index contributed by atoms with van der Waals surface area (Å²) in [6.07, 6.45) is 6.43. The average Bonchev–Trinajstić information content (AvgIpc) is 2.32. The second-order valence-corrected chi connectivity index (χ2v) is 10.9. The van der Waals surface area contributed by atoms with Crippen molar-refractivity contribution in [2.75, 3.05) is 0 Å². The molecule has 24 heavy (non-hydrogen) atoms. The topological polar surface area (TPSA) is 46.5 Å². The first kappa shape index (κ1) is 18.2. The van der Waals surface area contributed by atoms with Crippen molar-refractivity contribution in [2.45, 2.75) is 97.7 Å². The van der Waals surface area contributed by atoms with Crippen molar-refractivity contribution in [1.29, 1.82) is 0 Å². The van der Waals surface area contributed by atoms with Gasteiger partial charge < -0.3 is 9.84 Å².